The van der Waals surface area contributed by atoms with Gasteiger partial charge in [-0.2, -0.15) is 0 Å². The van der Waals surface area contributed by atoms with Gasteiger partial charge in [-0.3, -0.25) is 9.78 Å². The molecule has 1 rings (SSSR count). The largest absolute Gasteiger partial charge is 0.394 e. The standard InChI is InChI=1S/C10H14N2O2/c1-7-3-9(5-11-4-7)10(14)12-8(2)6-13/h3-5,8,13H,6H2,1-2H3,(H,12,14)/t8-/m1/s1. The summed E-state index contributed by atoms with van der Waals surface area (Å²) < 4.78 is 0. The highest BCUT2D eigenvalue weighted by molar-refractivity contribution is 5.94. The maximum absolute atomic E-state index is 11.5. The molecule has 4 nitrogen and oxygen atoms in total. The SMILES string of the molecule is Cc1cncc(C(=O)N[C@H](C)CO)c1. The molecular weight excluding hydrogens is 180 g/mol. The van der Waals surface area contributed by atoms with Crippen molar-refractivity contribution in [1.29, 1.82) is 0 Å². The molecule has 1 amide bonds. The lowest BCUT2D eigenvalue weighted by Crippen LogP contribution is -2.35. The molecule has 0 fully saturated rings. The monoisotopic (exact) mass is 194 g/mol. The summed E-state index contributed by atoms with van der Waals surface area (Å²) in [6.45, 7) is 3.55. The number of rotatable bonds is 3. The van der Waals surface area contributed by atoms with Crippen LogP contribution in [0.5, 0.6) is 0 Å². The topological polar surface area (TPSA) is 62.2 Å². The van der Waals surface area contributed by atoms with E-state index in [1.165, 1.54) is 6.20 Å². The molecule has 0 aliphatic carbocycles. The highest BCUT2D eigenvalue weighted by Crippen LogP contribution is 2.01. The fourth-order valence-corrected chi connectivity index (χ4v) is 1.03. The maximum atomic E-state index is 11.5. The molecule has 0 aliphatic heterocycles. The first-order valence-corrected chi connectivity index (χ1v) is 4.47. The van der Waals surface area contributed by atoms with Crippen molar-refractivity contribution in [3.63, 3.8) is 0 Å². The van der Waals surface area contributed by atoms with E-state index in [1.54, 1.807) is 19.2 Å². The van der Waals surface area contributed by atoms with Crippen molar-refractivity contribution in [2.75, 3.05) is 6.61 Å². The lowest BCUT2D eigenvalue weighted by atomic mass is 10.2. The maximum Gasteiger partial charge on any atom is 0.253 e. The summed E-state index contributed by atoms with van der Waals surface area (Å²) in [6, 6.07) is 1.52. The fraction of sp³-hybridized carbons (Fsp3) is 0.400. The first-order chi connectivity index (χ1) is 6.63. The van der Waals surface area contributed by atoms with E-state index >= 15 is 0 Å². The smallest absolute Gasteiger partial charge is 0.253 e. The summed E-state index contributed by atoms with van der Waals surface area (Å²) in [5.74, 6) is -0.206. The Bertz CT molecular complexity index is 326. The number of pyridine rings is 1. The van der Waals surface area contributed by atoms with Gasteiger partial charge in [-0.05, 0) is 25.5 Å². The van der Waals surface area contributed by atoms with E-state index in [2.05, 4.69) is 10.3 Å². The molecule has 0 saturated heterocycles. The molecule has 1 heterocycles. The first kappa shape index (κ1) is 10.7. The summed E-state index contributed by atoms with van der Waals surface area (Å²) >= 11 is 0. The van der Waals surface area contributed by atoms with Crippen LogP contribution in [0.1, 0.15) is 22.8 Å². The van der Waals surface area contributed by atoms with Crippen molar-refractivity contribution < 1.29 is 9.90 Å². The molecule has 14 heavy (non-hydrogen) atoms. The van der Waals surface area contributed by atoms with Crippen LogP contribution in [0.3, 0.4) is 0 Å². The number of carbonyl (C=O) groups is 1. The van der Waals surface area contributed by atoms with E-state index in [9.17, 15) is 4.79 Å². The summed E-state index contributed by atoms with van der Waals surface area (Å²) in [5.41, 5.74) is 1.46. The third kappa shape index (κ3) is 2.81. The summed E-state index contributed by atoms with van der Waals surface area (Å²) in [4.78, 5) is 15.4. The predicted molar refractivity (Wildman–Crippen MR) is 53.0 cm³/mol. The molecule has 0 unspecified atom stereocenters. The van der Waals surface area contributed by atoms with Crippen molar-refractivity contribution in [2.24, 2.45) is 0 Å². The fourth-order valence-electron chi connectivity index (χ4n) is 1.03. The van der Waals surface area contributed by atoms with Gasteiger partial charge in [0.05, 0.1) is 12.2 Å². The predicted octanol–water partition coefficient (Wildman–Crippen LogP) is 0.501. The highest BCUT2D eigenvalue weighted by atomic mass is 16.3. The minimum Gasteiger partial charge on any atom is -0.394 e. The average Bonchev–Trinajstić information content (AvgIpc) is 2.17. The van der Waals surface area contributed by atoms with Gasteiger partial charge >= 0.3 is 0 Å². The number of hydrogen-bond acceptors (Lipinski definition) is 3. The Labute approximate surface area is 83.0 Å². The molecule has 0 saturated carbocycles. The molecule has 1 aromatic heterocycles. The van der Waals surface area contributed by atoms with Crippen LogP contribution in [0, 0.1) is 6.92 Å². The number of nitrogens with zero attached hydrogens (tertiary/aromatic N) is 1. The second-order valence-electron chi connectivity index (χ2n) is 3.31. The van der Waals surface area contributed by atoms with Crippen LogP contribution in [0.15, 0.2) is 18.5 Å². The van der Waals surface area contributed by atoms with Crippen LogP contribution in [-0.4, -0.2) is 28.6 Å². The average molecular weight is 194 g/mol. The molecule has 0 aliphatic rings. The molecule has 2 N–H and O–H groups in total. The Morgan fingerprint density at radius 3 is 2.93 bits per heavy atom. The number of carbonyl (C=O) groups excluding carboxylic acids is 1. The van der Waals surface area contributed by atoms with E-state index in [1.807, 2.05) is 6.92 Å². The Hall–Kier alpha value is -1.42. The van der Waals surface area contributed by atoms with Gasteiger partial charge in [0, 0.05) is 18.4 Å². The van der Waals surface area contributed by atoms with Gasteiger partial charge in [0.15, 0.2) is 0 Å². The molecule has 76 valence electrons. The molecule has 0 radical (unpaired) electrons. The van der Waals surface area contributed by atoms with E-state index in [0.29, 0.717) is 5.56 Å². The zero-order chi connectivity index (χ0) is 10.6. The van der Waals surface area contributed by atoms with Crippen LogP contribution >= 0.6 is 0 Å². The third-order valence-electron chi connectivity index (χ3n) is 1.79. The van der Waals surface area contributed by atoms with Gasteiger partial charge in [-0.1, -0.05) is 0 Å². The van der Waals surface area contributed by atoms with Crippen LogP contribution in [0.2, 0.25) is 0 Å². The summed E-state index contributed by atoms with van der Waals surface area (Å²) in [5, 5.41) is 11.4. The van der Waals surface area contributed by atoms with E-state index in [-0.39, 0.29) is 18.6 Å². The Morgan fingerprint density at radius 2 is 2.36 bits per heavy atom. The lowest BCUT2D eigenvalue weighted by Gasteiger charge is -2.10. The van der Waals surface area contributed by atoms with Crippen LogP contribution in [0.25, 0.3) is 0 Å². The molecule has 4 heteroatoms. The Morgan fingerprint density at radius 1 is 1.64 bits per heavy atom. The normalized spacial score (nSPS) is 12.2. The van der Waals surface area contributed by atoms with Gasteiger partial charge in [-0.25, -0.2) is 0 Å². The molecule has 0 spiro atoms. The van der Waals surface area contributed by atoms with Crippen LogP contribution < -0.4 is 5.32 Å². The first-order valence-electron chi connectivity index (χ1n) is 4.47. The Kier molecular flexibility index (Phi) is 3.59. The van der Waals surface area contributed by atoms with E-state index < -0.39 is 0 Å². The number of aromatic nitrogens is 1. The van der Waals surface area contributed by atoms with Crippen molar-refractivity contribution in [1.82, 2.24) is 10.3 Å². The van der Waals surface area contributed by atoms with Crippen molar-refractivity contribution in [2.45, 2.75) is 19.9 Å². The lowest BCUT2D eigenvalue weighted by molar-refractivity contribution is 0.0922. The van der Waals surface area contributed by atoms with Gasteiger partial charge < -0.3 is 10.4 Å². The highest BCUT2D eigenvalue weighted by Gasteiger charge is 2.08. The molecule has 1 atom stereocenters. The van der Waals surface area contributed by atoms with Gasteiger partial charge in [0.25, 0.3) is 5.91 Å². The summed E-state index contributed by atoms with van der Waals surface area (Å²) in [7, 11) is 0. The van der Waals surface area contributed by atoms with Gasteiger partial charge in [0.1, 0.15) is 0 Å². The minimum absolute atomic E-state index is 0.0645. The van der Waals surface area contributed by atoms with Gasteiger partial charge in [0.2, 0.25) is 0 Å². The van der Waals surface area contributed by atoms with Crippen LogP contribution in [-0.2, 0) is 0 Å². The Balaban J connectivity index is 2.70. The number of aryl methyl sites for hydroxylation is 1. The molecular formula is C10H14N2O2. The quantitative estimate of drug-likeness (QED) is 0.736. The molecule has 1 aromatic rings. The van der Waals surface area contributed by atoms with E-state index in [4.69, 9.17) is 5.11 Å². The van der Waals surface area contributed by atoms with Crippen LogP contribution in [0.4, 0.5) is 0 Å². The van der Waals surface area contributed by atoms with E-state index in [0.717, 1.165) is 5.56 Å². The number of nitrogens with one attached hydrogen (secondary N) is 1. The number of hydrogen-bond donors (Lipinski definition) is 2. The minimum atomic E-state index is -0.233. The van der Waals surface area contributed by atoms with Crippen molar-refractivity contribution in [3.8, 4) is 0 Å². The van der Waals surface area contributed by atoms with Gasteiger partial charge in [-0.15, -0.1) is 0 Å². The second kappa shape index (κ2) is 4.72. The summed E-state index contributed by atoms with van der Waals surface area (Å²) in [6.07, 6.45) is 3.19. The van der Waals surface area contributed by atoms with Crippen molar-refractivity contribution in [3.05, 3.63) is 29.6 Å². The second-order valence-corrected chi connectivity index (χ2v) is 3.31. The molecule has 0 aromatic carbocycles. The number of amides is 1. The zero-order valence-electron chi connectivity index (χ0n) is 8.32. The zero-order valence-corrected chi connectivity index (χ0v) is 8.32. The number of aliphatic hydroxyl groups is 1. The molecule has 0 bridgehead atoms. The number of aliphatic hydroxyl groups excluding tert-OH is 1. The van der Waals surface area contributed by atoms with Crippen molar-refractivity contribution >= 4 is 5.91 Å². The third-order valence-corrected chi connectivity index (χ3v) is 1.79.